The second-order valence-electron chi connectivity index (χ2n) is 8.05. The van der Waals surface area contributed by atoms with Gasteiger partial charge in [-0.1, -0.05) is 34.1 Å². The maximum Gasteiger partial charge on any atom is 0.0714 e. The summed E-state index contributed by atoms with van der Waals surface area (Å²) in [5, 5.41) is 0. The first kappa shape index (κ1) is 13.0. The Balaban J connectivity index is 1.98. The second-order valence-corrected chi connectivity index (χ2v) is 8.05. The van der Waals surface area contributed by atoms with Crippen LogP contribution in [0.3, 0.4) is 0 Å². The van der Waals surface area contributed by atoms with Crippen LogP contribution in [0.15, 0.2) is 0 Å². The average molecular weight is 250 g/mol. The number of fused-ring (bicyclic) bond motifs is 3. The summed E-state index contributed by atoms with van der Waals surface area (Å²) in [5.74, 6) is 1.75. The van der Waals surface area contributed by atoms with Crippen molar-refractivity contribution in [2.24, 2.45) is 22.7 Å². The molecule has 0 aromatic carbocycles. The van der Waals surface area contributed by atoms with Crippen LogP contribution in [0.4, 0.5) is 0 Å². The molecule has 1 heteroatoms. The van der Waals surface area contributed by atoms with Gasteiger partial charge in [0.15, 0.2) is 0 Å². The van der Waals surface area contributed by atoms with E-state index in [0.29, 0.717) is 10.8 Å². The molecule has 0 bridgehead atoms. The minimum absolute atomic E-state index is 0.249. The zero-order valence-electron chi connectivity index (χ0n) is 12.7. The van der Waals surface area contributed by atoms with E-state index in [0.717, 1.165) is 18.4 Å². The van der Waals surface area contributed by atoms with Crippen molar-refractivity contribution < 1.29 is 4.74 Å². The molecule has 0 aromatic rings. The first-order valence-electron chi connectivity index (χ1n) is 8.09. The van der Waals surface area contributed by atoms with Crippen LogP contribution in [0.1, 0.15) is 72.6 Å². The zero-order valence-corrected chi connectivity index (χ0v) is 12.7. The fourth-order valence-corrected chi connectivity index (χ4v) is 6.14. The van der Waals surface area contributed by atoms with Crippen LogP contribution in [-0.2, 0) is 4.74 Å². The van der Waals surface area contributed by atoms with Gasteiger partial charge < -0.3 is 4.74 Å². The highest BCUT2D eigenvalue weighted by molar-refractivity contribution is 5.10. The molecule has 18 heavy (non-hydrogen) atoms. The van der Waals surface area contributed by atoms with E-state index in [1.807, 2.05) is 0 Å². The summed E-state index contributed by atoms with van der Waals surface area (Å²) in [6.07, 6.45) is 9.55. The molecule has 4 atom stereocenters. The van der Waals surface area contributed by atoms with E-state index in [1.165, 1.54) is 44.9 Å². The maximum absolute atomic E-state index is 6.28. The van der Waals surface area contributed by atoms with Gasteiger partial charge in [0.05, 0.1) is 5.60 Å². The summed E-state index contributed by atoms with van der Waals surface area (Å²) in [6, 6.07) is 0. The molecule has 0 amide bonds. The van der Waals surface area contributed by atoms with E-state index in [1.54, 1.807) is 0 Å². The van der Waals surface area contributed by atoms with Gasteiger partial charge in [-0.25, -0.2) is 0 Å². The smallest absolute Gasteiger partial charge is 0.0714 e. The van der Waals surface area contributed by atoms with Crippen molar-refractivity contribution in [1.82, 2.24) is 0 Å². The molecule has 1 nitrogen and oxygen atoms in total. The Kier molecular flexibility index (Phi) is 2.86. The van der Waals surface area contributed by atoms with Gasteiger partial charge in [-0.05, 0) is 61.2 Å². The standard InChI is InChI=1S/C17H30O/c1-5-17-11-7-13-15(2,3)9-6-10-16(13,4)14(17)8-12-18-17/h13-14H,5-12H2,1-4H3/t13-,14-,16-,17+/m1/s1. The zero-order chi connectivity index (χ0) is 13.0. The van der Waals surface area contributed by atoms with Crippen LogP contribution in [0.25, 0.3) is 0 Å². The van der Waals surface area contributed by atoms with Gasteiger partial charge in [0, 0.05) is 6.61 Å². The maximum atomic E-state index is 6.28. The third-order valence-corrected chi connectivity index (χ3v) is 6.96. The van der Waals surface area contributed by atoms with Crippen molar-refractivity contribution in [3.05, 3.63) is 0 Å². The van der Waals surface area contributed by atoms with Gasteiger partial charge in [0.2, 0.25) is 0 Å². The predicted octanol–water partition coefficient (Wildman–Crippen LogP) is 4.80. The van der Waals surface area contributed by atoms with Crippen molar-refractivity contribution in [2.75, 3.05) is 6.61 Å². The molecular formula is C17H30O. The van der Waals surface area contributed by atoms with Crippen LogP contribution in [0.5, 0.6) is 0 Å². The number of hydrogen-bond acceptors (Lipinski definition) is 1. The van der Waals surface area contributed by atoms with Gasteiger partial charge >= 0.3 is 0 Å². The highest BCUT2D eigenvalue weighted by atomic mass is 16.5. The normalized spacial score (nSPS) is 50.7. The molecule has 104 valence electrons. The van der Waals surface area contributed by atoms with E-state index in [-0.39, 0.29) is 5.60 Å². The van der Waals surface area contributed by atoms with E-state index >= 15 is 0 Å². The lowest BCUT2D eigenvalue weighted by Crippen LogP contribution is -2.56. The molecular weight excluding hydrogens is 220 g/mol. The topological polar surface area (TPSA) is 9.23 Å². The number of hydrogen-bond donors (Lipinski definition) is 0. The van der Waals surface area contributed by atoms with Gasteiger partial charge in [0.1, 0.15) is 0 Å². The molecule has 0 radical (unpaired) electrons. The van der Waals surface area contributed by atoms with Gasteiger partial charge in [-0.3, -0.25) is 0 Å². The Morgan fingerprint density at radius 1 is 1.00 bits per heavy atom. The summed E-state index contributed by atoms with van der Waals surface area (Å²) in [6.45, 7) is 11.0. The Labute approximate surface area is 113 Å². The molecule has 0 spiro atoms. The van der Waals surface area contributed by atoms with Gasteiger partial charge in [0.25, 0.3) is 0 Å². The van der Waals surface area contributed by atoms with Crippen molar-refractivity contribution in [3.63, 3.8) is 0 Å². The molecule has 0 N–H and O–H groups in total. The first-order valence-corrected chi connectivity index (χ1v) is 8.09. The average Bonchev–Trinajstić information content (AvgIpc) is 2.73. The quantitative estimate of drug-likeness (QED) is 0.649. The predicted molar refractivity (Wildman–Crippen MR) is 75.5 cm³/mol. The molecule has 1 aliphatic heterocycles. The first-order chi connectivity index (χ1) is 8.45. The highest BCUT2D eigenvalue weighted by Crippen LogP contribution is 2.65. The van der Waals surface area contributed by atoms with E-state index in [4.69, 9.17) is 4.74 Å². The second kappa shape index (κ2) is 3.98. The van der Waals surface area contributed by atoms with Crippen molar-refractivity contribution >= 4 is 0 Å². The Morgan fingerprint density at radius 2 is 1.78 bits per heavy atom. The minimum atomic E-state index is 0.249. The van der Waals surface area contributed by atoms with E-state index in [2.05, 4.69) is 27.7 Å². The lowest BCUT2D eigenvalue weighted by molar-refractivity contribution is -0.156. The lowest BCUT2D eigenvalue weighted by Gasteiger charge is -2.60. The molecule has 3 fully saturated rings. The van der Waals surface area contributed by atoms with Gasteiger partial charge in [-0.15, -0.1) is 0 Å². The van der Waals surface area contributed by atoms with Crippen molar-refractivity contribution in [3.8, 4) is 0 Å². The van der Waals surface area contributed by atoms with Gasteiger partial charge in [-0.2, -0.15) is 0 Å². The van der Waals surface area contributed by atoms with Crippen LogP contribution < -0.4 is 0 Å². The molecule has 2 aliphatic carbocycles. The highest BCUT2D eigenvalue weighted by Gasteiger charge is 2.61. The van der Waals surface area contributed by atoms with Crippen LogP contribution >= 0.6 is 0 Å². The van der Waals surface area contributed by atoms with Crippen molar-refractivity contribution in [1.29, 1.82) is 0 Å². The third-order valence-electron chi connectivity index (χ3n) is 6.96. The Morgan fingerprint density at radius 3 is 2.50 bits per heavy atom. The Bertz CT molecular complexity index is 335. The third kappa shape index (κ3) is 1.55. The summed E-state index contributed by atoms with van der Waals surface area (Å²) in [4.78, 5) is 0. The van der Waals surface area contributed by atoms with Crippen LogP contribution in [-0.4, -0.2) is 12.2 Å². The summed E-state index contributed by atoms with van der Waals surface area (Å²) in [5.41, 5.74) is 1.35. The SMILES string of the molecule is CC[C@]12CC[C@@H]3C(C)(C)CCC[C@@]3(C)[C@H]1CCO2. The molecule has 1 heterocycles. The Hall–Kier alpha value is -0.0400. The number of rotatable bonds is 1. The van der Waals surface area contributed by atoms with E-state index < -0.39 is 0 Å². The monoisotopic (exact) mass is 250 g/mol. The fraction of sp³-hybridized carbons (Fsp3) is 1.00. The molecule has 1 saturated heterocycles. The molecule has 0 aromatic heterocycles. The lowest BCUT2D eigenvalue weighted by atomic mass is 9.45. The fourth-order valence-electron chi connectivity index (χ4n) is 6.14. The summed E-state index contributed by atoms with van der Waals surface area (Å²) in [7, 11) is 0. The number of ether oxygens (including phenoxy) is 1. The molecule has 2 saturated carbocycles. The summed E-state index contributed by atoms with van der Waals surface area (Å²) < 4.78 is 6.28. The molecule has 3 rings (SSSR count). The molecule has 3 aliphatic rings. The minimum Gasteiger partial charge on any atom is -0.375 e. The largest absolute Gasteiger partial charge is 0.375 e. The van der Waals surface area contributed by atoms with E-state index in [9.17, 15) is 0 Å². The molecule has 0 unspecified atom stereocenters. The van der Waals surface area contributed by atoms with Crippen LogP contribution in [0, 0.1) is 22.7 Å². The summed E-state index contributed by atoms with van der Waals surface area (Å²) >= 11 is 0. The van der Waals surface area contributed by atoms with Crippen molar-refractivity contribution in [2.45, 2.75) is 78.2 Å². The van der Waals surface area contributed by atoms with Crippen LogP contribution in [0.2, 0.25) is 0 Å².